The first-order valence-electron chi connectivity index (χ1n) is 5.12. The van der Waals surface area contributed by atoms with Crippen LogP contribution in [-0.4, -0.2) is 0 Å². The summed E-state index contributed by atoms with van der Waals surface area (Å²) in [4.78, 5) is 0. The molecule has 0 aromatic heterocycles. The third-order valence-corrected chi connectivity index (χ3v) is 2.53. The average molecular weight is 218 g/mol. The fourth-order valence-corrected chi connectivity index (χ4v) is 1.74. The van der Waals surface area contributed by atoms with E-state index in [1.54, 1.807) is 12.1 Å². The molecule has 0 saturated heterocycles. The van der Waals surface area contributed by atoms with Gasteiger partial charge in [0.1, 0.15) is 0 Å². The zero-order chi connectivity index (χ0) is 11.5. The summed E-state index contributed by atoms with van der Waals surface area (Å²) in [5, 5.41) is 0. The number of aryl methyl sites for hydroxylation is 1. The molecule has 2 aromatic rings. The lowest BCUT2D eigenvalue weighted by Gasteiger charge is -2.09. The number of alkyl halides is 2. The molecule has 0 bridgehead atoms. The van der Waals surface area contributed by atoms with Crippen molar-refractivity contribution in [1.29, 1.82) is 0 Å². The predicted molar refractivity (Wildman–Crippen MR) is 61.6 cm³/mol. The van der Waals surface area contributed by atoms with Crippen LogP contribution in [-0.2, 0) is 0 Å². The van der Waals surface area contributed by atoms with Gasteiger partial charge in [0.05, 0.1) is 0 Å². The third-order valence-electron chi connectivity index (χ3n) is 2.53. The first-order chi connectivity index (χ1) is 7.68. The Morgan fingerprint density at radius 3 is 2.25 bits per heavy atom. The number of halogens is 2. The molecule has 0 aliphatic carbocycles. The lowest BCUT2D eigenvalue weighted by molar-refractivity contribution is 0.152. The van der Waals surface area contributed by atoms with E-state index in [2.05, 4.69) is 0 Å². The molecule has 0 heterocycles. The number of benzene rings is 2. The van der Waals surface area contributed by atoms with E-state index in [4.69, 9.17) is 0 Å². The summed E-state index contributed by atoms with van der Waals surface area (Å²) < 4.78 is 25.8. The van der Waals surface area contributed by atoms with E-state index in [0.717, 1.165) is 11.1 Å². The molecule has 0 aliphatic heterocycles. The van der Waals surface area contributed by atoms with Crippen LogP contribution in [0, 0.1) is 6.92 Å². The van der Waals surface area contributed by atoms with E-state index < -0.39 is 6.43 Å². The van der Waals surface area contributed by atoms with Gasteiger partial charge in [-0.25, -0.2) is 8.78 Å². The average Bonchev–Trinajstić information content (AvgIpc) is 2.30. The summed E-state index contributed by atoms with van der Waals surface area (Å²) in [7, 11) is 0. The van der Waals surface area contributed by atoms with Crippen molar-refractivity contribution in [3.8, 4) is 11.1 Å². The van der Waals surface area contributed by atoms with Crippen molar-refractivity contribution < 1.29 is 8.78 Å². The van der Waals surface area contributed by atoms with Crippen molar-refractivity contribution in [2.24, 2.45) is 0 Å². The lowest BCUT2D eigenvalue weighted by Crippen LogP contribution is -1.91. The topological polar surface area (TPSA) is 0 Å². The standard InChI is InChI=1S/C14H12F2/c1-10-7-8-12(13(9-10)14(15)16)11-5-3-2-4-6-11/h2-9,14H,1H3. The van der Waals surface area contributed by atoms with Gasteiger partial charge in [-0.15, -0.1) is 0 Å². The molecule has 0 N–H and O–H groups in total. The Bertz CT molecular complexity index is 475. The van der Waals surface area contributed by atoms with Crippen molar-refractivity contribution in [3.63, 3.8) is 0 Å². The molecule has 0 nitrogen and oxygen atoms in total. The Morgan fingerprint density at radius 1 is 0.938 bits per heavy atom. The van der Waals surface area contributed by atoms with Crippen LogP contribution in [0.15, 0.2) is 48.5 Å². The van der Waals surface area contributed by atoms with Crippen molar-refractivity contribution >= 4 is 0 Å². The largest absolute Gasteiger partial charge is 0.264 e. The van der Waals surface area contributed by atoms with E-state index in [9.17, 15) is 8.78 Å². The molecule has 0 unspecified atom stereocenters. The molecule has 2 heteroatoms. The molecule has 82 valence electrons. The fraction of sp³-hybridized carbons (Fsp3) is 0.143. The van der Waals surface area contributed by atoms with Gasteiger partial charge in [-0.3, -0.25) is 0 Å². The predicted octanol–water partition coefficient (Wildman–Crippen LogP) is 4.60. The first-order valence-corrected chi connectivity index (χ1v) is 5.12. The second kappa shape index (κ2) is 4.44. The van der Waals surface area contributed by atoms with E-state index >= 15 is 0 Å². The molecule has 0 spiro atoms. The van der Waals surface area contributed by atoms with Crippen LogP contribution in [0.3, 0.4) is 0 Å². The number of hydrogen-bond donors (Lipinski definition) is 0. The van der Waals surface area contributed by atoms with Crippen molar-refractivity contribution in [3.05, 3.63) is 59.7 Å². The SMILES string of the molecule is Cc1ccc(-c2ccccc2)c(C(F)F)c1. The summed E-state index contributed by atoms with van der Waals surface area (Å²) in [6, 6.07) is 14.4. The molecule has 0 radical (unpaired) electrons. The normalized spacial score (nSPS) is 10.8. The van der Waals surface area contributed by atoms with Gasteiger partial charge in [0, 0.05) is 5.56 Å². The van der Waals surface area contributed by atoms with Gasteiger partial charge in [0.15, 0.2) is 0 Å². The maximum atomic E-state index is 12.9. The number of rotatable bonds is 2. The molecule has 2 aromatic carbocycles. The van der Waals surface area contributed by atoms with E-state index in [1.165, 1.54) is 0 Å². The Labute approximate surface area is 93.5 Å². The fourth-order valence-electron chi connectivity index (χ4n) is 1.74. The maximum Gasteiger partial charge on any atom is 0.264 e. The Kier molecular flexibility index (Phi) is 3.00. The van der Waals surface area contributed by atoms with Crippen LogP contribution in [0.4, 0.5) is 8.78 Å². The zero-order valence-corrected chi connectivity index (χ0v) is 8.95. The van der Waals surface area contributed by atoms with E-state index in [1.807, 2.05) is 43.3 Å². The van der Waals surface area contributed by atoms with Crippen molar-refractivity contribution in [2.75, 3.05) is 0 Å². The quantitative estimate of drug-likeness (QED) is 0.691. The van der Waals surface area contributed by atoms with Crippen LogP contribution < -0.4 is 0 Å². The van der Waals surface area contributed by atoms with E-state index in [-0.39, 0.29) is 5.56 Å². The maximum absolute atomic E-state index is 12.9. The number of hydrogen-bond acceptors (Lipinski definition) is 0. The Balaban J connectivity index is 2.57. The summed E-state index contributed by atoms with van der Waals surface area (Å²) in [6.45, 7) is 1.82. The minimum Gasteiger partial charge on any atom is -0.205 e. The van der Waals surface area contributed by atoms with Crippen LogP contribution in [0.5, 0.6) is 0 Å². The van der Waals surface area contributed by atoms with Gasteiger partial charge >= 0.3 is 0 Å². The summed E-state index contributed by atoms with van der Waals surface area (Å²) in [5.74, 6) is 0. The molecule has 0 atom stereocenters. The van der Waals surface area contributed by atoms with Gasteiger partial charge < -0.3 is 0 Å². The summed E-state index contributed by atoms with van der Waals surface area (Å²) in [5.41, 5.74) is 2.40. The van der Waals surface area contributed by atoms with Gasteiger partial charge in [-0.05, 0) is 24.1 Å². The van der Waals surface area contributed by atoms with E-state index in [0.29, 0.717) is 5.56 Å². The molecule has 0 fully saturated rings. The van der Waals surface area contributed by atoms with Crippen molar-refractivity contribution in [2.45, 2.75) is 13.3 Å². The molecule has 0 saturated carbocycles. The van der Waals surface area contributed by atoms with Crippen LogP contribution >= 0.6 is 0 Å². The van der Waals surface area contributed by atoms with Gasteiger partial charge in [0.2, 0.25) is 0 Å². The highest BCUT2D eigenvalue weighted by atomic mass is 19.3. The van der Waals surface area contributed by atoms with Crippen LogP contribution in [0.2, 0.25) is 0 Å². The lowest BCUT2D eigenvalue weighted by atomic mass is 9.98. The van der Waals surface area contributed by atoms with Gasteiger partial charge in [-0.1, -0.05) is 48.0 Å². The van der Waals surface area contributed by atoms with Crippen LogP contribution in [0.25, 0.3) is 11.1 Å². The summed E-state index contributed by atoms with van der Waals surface area (Å²) in [6.07, 6.45) is -2.44. The second-order valence-electron chi connectivity index (χ2n) is 3.76. The van der Waals surface area contributed by atoms with Crippen molar-refractivity contribution in [1.82, 2.24) is 0 Å². The third kappa shape index (κ3) is 2.11. The minimum absolute atomic E-state index is 0.103. The molecule has 16 heavy (non-hydrogen) atoms. The molecule has 2 rings (SSSR count). The smallest absolute Gasteiger partial charge is 0.205 e. The molecule has 0 amide bonds. The van der Waals surface area contributed by atoms with Gasteiger partial charge in [0.25, 0.3) is 6.43 Å². The highest BCUT2D eigenvalue weighted by Gasteiger charge is 2.13. The monoisotopic (exact) mass is 218 g/mol. The second-order valence-corrected chi connectivity index (χ2v) is 3.76. The highest BCUT2D eigenvalue weighted by Crippen LogP contribution is 2.31. The van der Waals surface area contributed by atoms with Crippen LogP contribution in [0.1, 0.15) is 17.6 Å². The minimum atomic E-state index is -2.44. The summed E-state index contributed by atoms with van der Waals surface area (Å²) >= 11 is 0. The molecule has 0 aliphatic rings. The first kappa shape index (κ1) is 10.8. The molecular weight excluding hydrogens is 206 g/mol. The Morgan fingerprint density at radius 2 is 1.62 bits per heavy atom. The highest BCUT2D eigenvalue weighted by molar-refractivity contribution is 5.68. The zero-order valence-electron chi connectivity index (χ0n) is 8.95. The molecular formula is C14H12F2. The van der Waals surface area contributed by atoms with Gasteiger partial charge in [-0.2, -0.15) is 0 Å². The Hall–Kier alpha value is -1.70.